The molecule has 3 N–H and O–H groups in total. The maximum atomic E-state index is 12.6. The van der Waals surface area contributed by atoms with Crippen LogP contribution in [0.3, 0.4) is 0 Å². The Bertz CT molecular complexity index is 551. The zero-order valence-corrected chi connectivity index (χ0v) is 15.6. The maximum absolute atomic E-state index is 12.6. The van der Waals surface area contributed by atoms with E-state index in [1.807, 2.05) is 13.0 Å². The smallest absolute Gasteiger partial charge is 0.253 e. The predicted molar refractivity (Wildman–Crippen MR) is 102 cm³/mol. The molecule has 3 rings (SSSR count). The van der Waals surface area contributed by atoms with Gasteiger partial charge < -0.3 is 20.6 Å². The molecule has 2 atom stereocenters. The highest BCUT2D eigenvalue weighted by Gasteiger charge is 2.26. The van der Waals surface area contributed by atoms with Crippen molar-refractivity contribution in [2.45, 2.75) is 25.9 Å². The molecule has 1 amide bonds. The van der Waals surface area contributed by atoms with E-state index < -0.39 is 0 Å². The van der Waals surface area contributed by atoms with Crippen LogP contribution in [0.2, 0.25) is 0 Å². The fourth-order valence-corrected chi connectivity index (χ4v) is 3.31. The van der Waals surface area contributed by atoms with E-state index in [1.165, 1.54) is 12.8 Å². The monoisotopic (exact) mass is 375 g/mol. The zero-order valence-electron chi connectivity index (χ0n) is 14.0. The normalized spacial score (nSPS) is 22.7. The second kappa shape index (κ2) is 9.47. The Kier molecular flexibility index (Phi) is 8.30. The van der Waals surface area contributed by atoms with Crippen LogP contribution in [0.15, 0.2) is 18.2 Å². The summed E-state index contributed by atoms with van der Waals surface area (Å²) in [6.07, 6.45) is 2.01. The number of carbonyl (C=O) groups is 1. The van der Waals surface area contributed by atoms with Gasteiger partial charge in [0.05, 0.1) is 11.7 Å². The van der Waals surface area contributed by atoms with Gasteiger partial charge in [0.1, 0.15) is 0 Å². The SMILES string of the molecule is Cc1ccc(N2CCCC2)c(C(=O)NCC2CNCC2O)c1.Cl.Cl. The van der Waals surface area contributed by atoms with E-state index in [0.29, 0.717) is 13.1 Å². The van der Waals surface area contributed by atoms with Gasteiger partial charge >= 0.3 is 0 Å². The average Bonchev–Trinajstić information content (AvgIpc) is 3.16. The van der Waals surface area contributed by atoms with Gasteiger partial charge in [0, 0.05) is 44.3 Å². The number of benzene rings is 1. The number of hydrogen-bond acceptors (Lipinski definition) is 4. The first kappa shape index (κ1) is 21.0. The topological polar surface area (TPSA) is 64.6 Å². The molecule has 0 bridgehead atoms. The molecular formula is C17H27Cl2N3O2. The van der Waals surface area contributed by atoms with Crippen molar-refractivity contribution >= 4 is 36.4 Å². The first-order chi connectivity index (χ1) is 10.6. The molecule has 5 nitrogen and oxygen atoms in total. The van der Waals surface area contributed by atoms with Gasteiger partial charge in [-0.1, -0.05) is 11.6 Å². The highest BCUT2D eigenvalue weighted by atomic mass is 35.5. The van der Waals surface area contributed by atoms with Crippen molar-refractivity contribution in [1.29, 1.82) is 0 Å². The van der Waals surface area contributed by atoms with Gasteiger partial charge in [-0.2, -0.15) is 0 Å². The van der Waals surface area contributed by atoms with E-state index in [2.05, 4.69) is 27.7 Å². The number of aryl methyl sites for hydroxylation is 1. The van der Waals surface area contributed by atoms with E-state index in [0.717, 1.165) is 36.4 Å². The van der Waals surface area contributed by atoms with E-state index >= 15 is 0 Å². The van der Waals surface area contributed by atoms with Gasteiger partial charge in [0.25, 0.3) is 5.91 Å². The number of anilines is 1. The van der Waals surface area contributed by atoms with Gasteiger partial charge in [-0.3, -0.25) is 4.79 Å². The molecule has 24 heavy (non-hydrogen) atoms. The minimum atomic E-state index is -0.365. The second-order valence-electron chi connectivity index (χ2n) is 6.41. The summed E-state index contributed by atoms with van der Waals surface area (Å²) in [6, 6.07) is 6.09. The van der Waals surface area contributed by atoms with E-state index in [9.17, 15) is 9.90 Å². The fourth-order valence-electron chi connectivity index (χ4n) is 3.31. The maximum Gasteiger partial charge on any atom is 0.253 e. The van der Waals surface area contributed by atoms with E-state index in [1.54, 1.807) is 0 Å². The summed E-state index contributed by atoms with van der Waals surface area (Å²) >= 11 is 0. The quantitative estimate of drug-likeness (QED) is 0.749. The van der Waals surface area contributed by atoms with Crippen LogP contribution in [0.25, 0.3) is 0 Å². The molecule has 0 aromatic heterocycles. The number of aliphatic hydroxyl groups is 1. The molecule has 0 saturated carbocycles. The molecule has 136 valence electrons. The molecule has 0 spiro atoms. The first-order valence-electron chi connectivity index (χ1n) is 8.18. The molecule has 2 heterocycles. The number of carbonyl (C=O) groups excluding carboxylic acids is 1. The van der Waals surface area contributed by atoms with Crippen molar-refractivity contribution in [3.05, 3.63) is 29.3 Å². The van der Waals surface area contributed by atoms with Gasteiger partial charge in [0.2, 0.25) is 0 Å². The Hall–Kier alpha value is -1.01. The molecule has 2 aliphatic rings. The van der Waals surface area contributed by atoms with Gasteiger partial charge in [-0.15, -0.1) is 24.8 Å². The number of nitrogens with zero attached hydrogens (tertiary/aromatic N) is 1. The summed E-state index contributed by atoms with van der Waals surface area (Å²) in [6.45, 7) is 5.94. The van der Waals surface area contributed by atoms with Crippen LogP contribution in [0, 0.1) is 12.8 Å². The lowest BCUT2D eigenvalue weighted by atomic mass is 10.0. The summed E-state index contributed by atoms with van der Waals surface area (Å²) in [5, 5.41) is 16.0. The summed E-state index contributed by atoms with van der Waals surface area (Å²) in [5.74, 6) is 0.0636. The van der Waals surface area contributed by atoms with E-state index in [4.69, 9.17) is 0 Å². The molecular weight excluding hydrogens is 349 g/mol. The van der Waals surface area contributed by atoms with Crippen molar-refractivity contribution in [1.82, 2.24) is 10.6 Å². The fraction of sp³-hybridized carbons (Fsp3) is 0.588. The predicted octanol–water partition coefficient (Wildman–Crippen LogP) is 1.75. The molecule has 0 aliphatic carbocycles. The Balaban J connectivity index is 0.00000144. The molecule has 2 saturated heterocycles. The number of halogens is 2. The summed E-state index contributed by atoms with van der Waals surface area (Å²) in [7, 11) is 0. The number of rotatable bonds is 4. The molecule has 7 heteroatoms. The lowest BCUT2D eigenvalue weighted by Gasteiger charge is -2.22. The molecule has 1 aromatic rings. The van der Waals surface area contributed by atoms with Crippen LogP contribution in [-0.2, 0) is 0 Å². The summed E-state index contributed by atoms with van der Waals surface area (Å²) in [5.41, 5.74) is 2.88. The summed E-state index contributed by atoms with van der Waals surface area (Å²) in [4.78, 5) is 14.9. The minimum Gasteiger partial charge on any atom is -0.391 e. The lowest BCUT2D eigenvalue weighted by Crippen LogP contribution is -2.35. The summed E-state index contributed by atoms with van der Waals surface area (Å²) < 4.78 is 0. The van der Waals surface area contributed by atoms with Crippen LogP contribution in [0.5, 0.6) is 0 Å². The second-order valence-corrected chi connectivity index (χ2v) is 6.41. The van der Waals surface area contributed by atoms with Crippen molar-refractivity contribution < 1.29 is 9.90 Å². The number of aliphatic hydroxyl groups excluding tert-OH is 1. The van der Waals surface area contributed by atoms with Crippen molar-refractivity contribution in [3.8, 4) is 0 Å². The third-order valence-corrected chi connectivity index (χ3v) is 4.67. The van der Waals surface area contributed by atoms with Crippen molar-refractivity contribution in [2.24, 2.45) is 5.92 Å². The van der Waals surface area contributed by atoms with E-state index in [-0.39, 0.29) is 42.7 Å². The van der Waals surface area contributed by atoms with Gasteiger partial charge in [0.15, 0.2) is 0 Å². The van der Waals surface area contributed by atoms with Crippen LogP contribution >= 0.6 is 24.8 Å². The average molecular weight is 376 g/mol. The Morgan fingerprint density at radius 3 is 2.62 bits per heavy atom. The third-order valence-electron chi connectivity index (χ3n) is 4.67. The molecule has 0 radical (unpaired) electrons. The van der Waals surface area contributed by atoms with Crippen LogP contribution in [0.1, 0.15) is 28.8 Å². The zero-order chi connectivity index (χ0) is 15.5. The largest absolute Gasteiger partial charge is 0.391 e. The molecule has 1 aromatic carbocycles. The van der Waals surface area contributed by atoms with Crippen LogP contribution in [-0.4, -0.2) is 49.8 Å². The number of hydrogen-bond donors (Lipinski definition) is 3. The molecule has 2 fully saturated rings. The number of β-amino-alcohol motifs (C(OH)–C–C–N with tert-alkyl or cyclic N) is 1. The number of amides is 1. The molecule has 2 unspecified atom stereocenters. The highest BCUT2D eigenvalue weighted by Crippen LogP contribution is 2.25. The first-order valence-corrected chi connectivity index (χ1v) is 8.18. The Morgan fingerprint density at radius 1 is 1.29 bits per heavy atom. The van der Waals surface area contributed by atoms with Crippen LogP contribution < -0.4 is 15.5 Å². The van der Waals surface area contributed by atoms with Crippen molar-refractivity contribution in [3.63, 3.8) is 0 Å². The highest BCUT2D eigenvalue weighted by molar-refractivity contribution is 6.00. The van der Waals surface area contributed by atoms with Crippen molar-refractivity contribution in [2.75, 3.05) is 37.6 Å². The standard InChI is InChI=1S/C17H25N3O2.2ClH/c1-12-4-5-15(20-6-2-3-7-20)14(8-12)17(22)19-10-13-9-18-11-16(13)21;;/h4-5,8,13,16,18,21H,2-3,6-7,9-11H2,1H3,(H,19,22);2*1H. The molecule has 2 aliphatic heterocycles. The van der Waals surface area contributed by atoms with Gasteiger partial charge in [-0.05, 0) is 31.9 Å². The number of nitrogens with one attached hydrogen (secondary N) is 2. The Labute approximate surface area is 156 Å². The lowest BCUT2D eigenvalue weighted by molar-refractivity contribution is 0.0927. The third kappa shape index (κ3) is 4.76. The van der Waals surface area contributed by atoms with Crippen LogP contribution in [0.4, 0.5) is 5.69 Å². The van der Waals surface area contributed by atoms with Gasteiger partial charge in [-0.25, -0.2) is 0 Å². The minimum absolute atomic E-state index is 0. The Morgan fingerprint density at radius 2 is 2.00 bits per heavy atom.